The highest BCUT2D eigenvalue weighted by atomic mass is 32.2. The van der Waals surface area contributed by atoms with Gasteiger partial charge in [-0.2, -0.15) is 4.98 Å². The van der Waals surface area contributed by atoms with Gasteiger partial charge in [0.15, 0.2) is 21.8 Å². The van der Waals surface area contributed by atoms with Gasteiger partial charge in [0.2, 0.25) is 0 Å². The van der Waals surface area contributed by atoms with Crippen LogP contribution in [-0.4, -0.2) is 37.7 Å². The van der Waals surface area contributed by atoms with Crippen LogP contribution in [0.25, 0.3) is 10.3 Å². The summed E-state index contributed by atoms with van der Waals surface area (Å²) in [5.41, 5.74) is 1.29. The Hall–Kier alpha value is -1.90. The molecule has 8 heteroatoms. The summed E-state index contributed by atoms with van der Waals surface area (Å²) >= 11 is 3.10. The largest absolute Gasteiger partial charge is 0.394 e. The van der Waals surface area contributed by atoms with Crippen molar-refractivity contribution in [2.45, 2.75) is 56.6 Å². The molecule has 1 aromatic carbocycles. The van der Waals surface area contributed by atoms with Gasteiger partial charge >= 0.3 is 0 Å². The average Bonchev–Trinajstić information content (AvgIpc) is 3.01. The van der Waals surface area contributed by atoms with Crippen LogP contribution < -0.4 is 10.6 Å². The quantitative estimate of drug-likeness (QED) is 0.377. The molecule has 0 aliphatic heterocycles. The van der Waals surface area contributed by atoms with Crippen molar-refractivity contribution in [1.29, 1.82) is 0 Å². The Bertz CT molecular complexity index is 935. The van der Waals surface area contributed by atoms with Gasteiger partial charge in [-0.1, -0.05) is 53.4 Å². The molecule has 0 saturated heterocycles. The molecule has 3 N–H and O–H groups in total. The zero-order valence-electron chi connectivity index (χ0n) is 16.9. The van der Waals surface area contributed by atoms with Gasteiger partial charge in [-0.3, -0.25) is 0 Å². The fourth-order valence-corrected chi connectivity index (χ4v) is 4.26. The number of aliphatic hydroxyl groups is 1. The Labute approximate surface area is 174 Å². The first-order chi connectivity index (χ1) is 13.1. The number of thiazole rings is 1. The molecular weight excluding hydrogens is 390 g/mol. The summed E-state index contributed by atoms with van der Waals surface area (Å²) in [5, 5.41) is 17.9. The highest BCUT2D eigenvalue weighted by Gasteiger charge is 2.22. The van der Waals surface area contributed by atoms with E-state index in [-0.39, 0.29) is 12.1 Å². The van der Waals surface area contributed by atoms with E-state index in [0.29, 0.717) is 16.6 Å². The second kappa shape index (κ2) is 8.23. The van der Waals surface area contributed by atoms with E-state index in [9.17, 15) is 5.11 Å². The molecule has 28 heavy (non-hydrogen) atoms. The number of nitrogens with zero attached hydrogens (tertiary/aromatic N) is 3. The normalized spacial score (nSPS) is 12.4. The molecule has 3 aromatic rings. The number of nitrogens with one attached hydrogen (secondary N) is 2. The van der Waals surface area contributed by atoms with E-state index < -0.39 is 5.54 Å². The first-order valence-corrected chi connectivity index (χ1v) is 11.0. The number of benzene rings is 1. The Morgan fingerprint density at radius 1 is 1.00 bits per heavy atom. The minimum atomic E-state index is -0.496. The maximum absolute atomic E-state index is 9.67. The van der Waals surface area contributed by atoms with E-state index in [1.165, 1.54) is 16.9 Å². The number of hydrogen-bond acceptors (Lipinski definition) is 8. The van der Waals surface area contributed by atoms with Crippen molar-refractivity contribution < 1.29 is 5.11 Å². The monoisotopic (exact) mass is 417 g/mol. The molecule has 6 nitrogen and oxygen atoms in total. The Balaban J connectivity index is 1.95. The minimum absolute atomic E-state index is 0.00309. The minimum Gasteiger partial charge on any atom is -0.394 e. The van der Waals surface area contributed by atoms with E-state index in [1.807, 2.05) is 32.0 Å². The van der Waals surface area contributed by atoms with Crippen LogP contribution in [0.5, 0.6) is 0 Å². The molecule has 0 spiro atoms. The summed E-state index contributed by atoms with van der Waals surface area (Å²) in [5.74, 6) is 1.49. The number of fused-ring (bicyclic) bond motifs is 1. The zero-order valence-corrected chi connectivity index (χ0v) is 18.5. The lowest BCUT2D eigenvalue weighted by molar-refractivity contribution is 0.234. The van der Waals surface area contributed by atoms with Crippen molar-refractivity contribution in [2.75, 3.05) is 17.2 Å². The first-order valence-electron chi connectivity index (χ1n) is 9.18. The molecule has 0 atom stereocenters. The fraction of sp³-hybridized carbons (Fsp3) is 0.450. The van der Waals surface area contributed by atoms with E-state index >= 15 is 0 Å². The van der Waals surface area contributed by atoms with Crippen molar-refractivity contribution in [3.05, 3.63) is 35.9 Å². The van der Waals surface area contributed by atoms with Crippen LogP contribution in [0.1, 0.15) is 40.2 Å². The predicted octanol–water partition coefficient (Wildman–Crippen LogP) is 4.77. The summed E-state index contributed by atoms with van der Waals surface area (Å²) in [6.07, 6.45) is 0. The van der Waals surface area contributed by atoms with Gasteiger partial charge < -0.3 is 15.7 Å². The molecule has 0 fully saturated rings. The molecule has 0 bridgehead atoms. The number of rotatable bonds is 7. The molecular formula is C20H27N5OS2. The SMILES string of the molecule is CC(C)(C)Nc1nc2nc(SCc3ccccc3)nc(NC(C)(C)CO)c2s1. The molecule has 3 rings (SSSR count). The van der Waals surface area contributed by atoms with E-state index in [2.05, 4.69) is 53.5 Å². The first kappa shape index (κ1) is 20.8. The summed E-state index contributed by atoms with van der Waals surface area (Å²) in [6.45, 7) is 10.2. The summed E-state index contributed by atoms with van der Waals surface area (Å²) in [6, 6.07) is 10.2. The van der Waals surface area contributed by atoms with Crippen molar-refractivity contribution in [2.24, 2.45) is 0 Å². The molecule has 2 heterocycles. The lowest BCUT2D eigenvalue weighted by Gasteiger charge is -2.24. The van der Waals surface area contributed by atoms with Crippen LogP contribution in [0.3, 0.4) is 0 Å². The van der Waals surface area contributed by atoms with Crippen LogP contribution >= 0.6 is 23.1 Å². The van der Waals surface area contributed by atoms with Crippen LogP contribution in [0.15, 0.2) is 35.5 Å². The fourth-order valence-electron chi connectivity index (χ4n) is 2.41. The summed E-state index contributed by atoms with van der Waals surface area (Å²) < 4.78 is 0.886. The number of aliphatic hydroxyl groups excluding tert-OH is 1. The third-order valence-electron chi connectivity index (χ3n) is 3.78. The van der Waals surface area contributed by atoms with E-state index in [0.717, 1.165) is 15.6 Å². The van der Waals surface area contributed by atoms with Crippen molar-refractivity contribution in [1.82, 2.24) is 15.0 Å². The zero-order chi connectivity index (χ0) is 20.4. The molecule has 0 aliphatic rings. The van der Waals surface area contributed by atoms with Crippen LogP contribution in [-0.2, 0) is 5.75 Å². The average molecular weight is 418 g/mol. The smallest absolute Gasteiger partial charge is 0.191 e. The molecule has 0 saturated carbocycles. The molecule has 150 valence electrons. The Morgan fingerprint density at radius 3 is 2.36 bits per heavy atom. The highest BCUT2D eigenvalue weighted by Crippen LogP contribution is 2.34. The maximum atomic E-state index is 9.67. The Morgan fingerprint density at radius 2 is 1.71 bits per heavy atom. The van der Waals surface area contributed by atoms with E-state index in [1.54, 1.807) is 11.8 Å². The molecule has 2 aromatic heterocycles. The molecule has 0 aliphatic carbocycles. The van der Waals surface area contributed by atoms with Crippen LogP contribution in [0, 0.1) is 0 Å². The summed E-state index contributed by atoms with van der Waals surface area (Å²) in [7, 11) is 0. The van der Waals surface area contributed by atoms with E-state index in [4.69, 9.17) is 4.98 Å². The van der Waals surface area contributed by atoms with Crippen molar-refractivity contribution in [3.8, 4) is 0 Å². The van der Waals surface area contributed by atoms with Gasteiger partial charge in [0.25, 0.3) is 0 Å². The van der Waals surface area contributed by atoms with Crippen LogP contribution in [0.2, 0.25) is 0 Å². The Kier molecular flexibility index (Phi) is 6.12. The van der Waals surface area contributed by atoms with Gasteiger partial charge in [-0.05, 0) is 40.2 Å². The number of aromatic nitrogens is 3. The van der Waals surface area contributed by atoms with Gasteiger partial charge in [0.05, 0.1) is 12.1 Å². The van der Waals surface area contributed by atoms with Gasteiger partial charge in [0, 0.05) is 11.3 Å². The number of thioether (sulfide) groups is 1. The van der Waals surface area contributed by atoms with Gasteiger partial charge in [-0.25, -0.2) is 9.97 Å². The predicted molar refractivity (Wildman–Crippen MR) is 119 cm³/mol. The van der Waals surface area contributed by atoms with Crippen molar-refractivity contribution >= 4 is 44.4 Å². The van der Waals surface area contributed by atoms with Crippen molar-refractivity contribution in [3.63, 3.8) is 0 Å². The lowest BCUT2D eigenvalue weighted by atomic mass is 10.1. The maximum Gasteiger partial charge on any atom is 0.191 e. The summed E-state index contributed by atoms with van der Waals surface area (Å²) in [4.78, 5) is 14.1. The molecule has 0 amide bonds. The number of hydrogen-bond donors (Lipinski definition) is 3. The molecule has 0 radical (unpaired) electrons. The number of anilines is 2. The van der Waals surface area contributed by atoms with Gasteiger partial charge in [0.1, 0.15) is 4.70 Å². The topological polar surface area (TPSA) is 83.0 Å². The third-order valence-corrected chi connectivity index (χ3v) is 5.66. The standard InChI is InChI=1S/C20H27N5OS2/c1-19(2,3)25-18-22-15-14(28-18)16(24-20(4,5)12-26)23-17(21-15)27-11-13-9-7-6-8-10-13/h6-10,26H,11-12H2,1-5H3,(H2,21,22,23,24,25). The lowest BCUT2D eigenvalue weighted by Crippen LogP contribution is -2.35. The van der Waals surface area contributed by atoms with Crippen LogP contribution in [0.4, 0.5) is 10.9 Å². The second-order valence-corrected chi connectivity index (χ2v) is 10.3. The highest BCUT2D eigenvalue weighted by molar-refractivity contribution is 7.98. The second-order valence-electron chi connectivity index (χ2n) is 8.34. The van der Waals surface area contributed by atoms with Gasteiger partial charge in [-0.15, -0.1) is 0 Å². The molecule has 0 unspecified atom stereocenters. The third kappa shape index (κ3) is 5.56.